The second kappa shape index (κ2) is 10.0. The van der Waals surface area contributed by atoms with E-state index >= 15 is 0 Å². The molecule has 0 saturated carbocycles. The van der Waals surface area contributed by atoms with E-state index in [4.69, 9.17) is 25.7 Å². The van der Waals surface area contributed by atoms with E-state index in [2.05, 4.69) is 21.2 Å². The quantitative estimate of drug-likeness (QED) is 0.578. The van der Waals surface area contributed by atoms with E-state index < -0.39 is 0 Å². The van der Waals surface area contributed by atoms with E-state index in [9.17, 15) is 0 Å². The number of aliphatic imine (C=N–C) groups is 1. The first-order chi connectivity index (χ1) is 14.3. The predicted molar refractivity (Wildman–Crippen MR) is 117 cm³/mol. The first-order valence-corrected chi connectivity index (χ1v) is 10.8. The summed E-state index contributed by atoms with van der Waals surface area (Å²) >= 11 is 6.38. The van der Waals surface area contributed by atoms with Crippen molar-refractivity contribution in [3.63, 3.8) is 0 Å². The summed E-state index contributed by atoms with van der Waals surface area (Å²) in [5.74, 6) is 2.51. The molecule has 0 aliphatic carbocycles. The maximum atomic E-state index is 6.38. The monoisotopic (exact) mass is 416 g/mol. The number of nitrogens with one attached hydrogen (secondary N) is 1. The van der Waals surface area contributed by atoms with Crippen molar-refractivity contribution in [2.45, 2.75) is 12.8 Å². The minimum absolute atomic E-state index is 0.529. The number of anilines is 1. The Hall–Kier alpha value is -2.18. The van der Waals surface area contributed by atoms with Gasteiger partial charge in [-0.3, -0.25) is 4.99 Å². The van der Waals surface area contributed by atoms with Crippen molar-refractivity contribution >= 4 is 23.2 Å². The number of rotatable bonds is 6. The van der Waals surface area contributed by atoms with Crippen molar-refractivity contribution in [2.75, 3.05) is 57.4 Å². The molecule has 3 heterocycles. The van der Waals surface area contributed by atoms with Gasteiger partial charge in [-0.25, -0.2) is 0 Å². The molecule has 7 heteroatoms. The Morgan fingerprint density at radius 2 is 2.00 bits per heavy atom. The molecule has 2 aliphatic rings. The lowest BCUT2D eigenvalue weighted by molar-refractivity contribution is 0.187. The van der Waals surface area contributed by atoms with Crippen LogP contribution in [0.3, 0.4) is 0 Å². The number of hydrogen-bond donors (Lipinski definition) is 1. The van der Waals surface area contributed by atoms with Gasteiger partial charge in [0.2, 0.25) is 0 Å². The molecule has 2 saturated heterocycles. The molecular weight excluding hydrogens is 388 g/mol. The van der Waals surface area contributed by atoms with Gasteiger partial charge in [0.15, 0.2) is 5.96 Å². The number of ether oxygens (including phenoxy) is 1. The number of benzene rings is 1. The fourth-order valence-electron chi connectivity index (χ4n) is 3.83. The van der Waals surface area contributed by atoms with Crippen molar-refractivity contribution in [3.05, 3.63) is 53.4 Å². The summed E-state index contributed by atoms with van der Waals surface area (Å²) in [7, 11) is 0. The molecule has 1 N–H and O–H groups in total. The Kier molecular flexibility index (Phi) is 6.96. The molecular formula is C22H29ClN4O2. The zero-order chi connectivity index (χ0) is 19.9. The average molecular weight is 417 g/mol. The number of hydrogen-bond acceptors (Lipinski definition) is 4. The Labute approximate surface area is 177 Å². The largest absolute Gasteiger partial charge is 0.469 e. The first-order valence-electron chi connectivity index (χ1n) is 10.4. The van der Waals surface area contributed by atoms with Gasteiger partial charge in [0.1, 0.15) is 5.76 Å². The first kappa shape index (κ1) is 20.1. The molecule has 0 radical (unpaired) electrons. The van der Waals surface area contributed by atoms with Crippen LogP contribution in [-0.2, 0) is 11.2 Å². The molecule has 1 unspecified atom stereocenters. The number of piperazine rings is 1. The van der Waals surface area contributed by atoms with E-state index in [1.165, 1.54) is 0 Å². The number of furan rings is 1. The number of guanidine groups is 1. The summed E-state index contributed by atoms with van der Waals surface area (Å²) in [5, 5.41) is 4.36. The van der Waals surface area contributed by atoms with Crippen LogP contribution in [0.2, 0.25) is 5.02 Å². The third-order valence-electron chi connectivity index (χ3n) is 5.53. The maximum absolute atomic E-state index is 6.38. The normalized spacial score (nSPS) is 20.3. The molecule has 0 amide bonds. The van der Waals surface area contributed by atoms with E-state index in [1.807, 2.05) is 30.3 Å². The van der Waals surface area contributed by atoms with Gasteiger partial charge in [0, 0.05) is 58.2 Å². The number of halogens is 1. The van der Waals surface area contributed by atoms with Crippen molar-refractivity contribution in [3.8, 4) is 0 Å². The molecule has 6 nitrogen and oxygen atoms in total. The average Bonchev–Trinajstić information content (AvgIpc) is 3.45. The smallest absolute Gasteiger partial charge is 0.194 e. The highest BCUT2D eigenvalue weighted by Gasteiger charge is 2.22. The van der Waals surface area contributed by atoms with Gasteiger partial charge in [0.25, 0.3) is 0 Å². The van der Waals surface area contributed by atoms with Gasteiger partial charge in [0.05, 0.1) is 23.6 Å². The highest BCUT2D eigenvalue weighted by atomic mass is 35.5. The minimum atomic E-state index is 0.529. The number of nitrogens with zero attached hydrogens (tertiary/aromatic N) is 3. The Morgan fingerprint density at radius 1 is 1.14 bits per heavy atom. The molecule has 2 fully saturated rings. The molecule has 2 aliphatic heterocycles. The van der Waals surface area contributed by atoms with E-state index in [1.54, 1.807) is 6.26 Å². The van der Waals surface area contributed by atoms with Gasteiger partial charge in [-0.2, -0.15) is 0 Å². The lowest BCUT2D eigenvalue weighted by Crippen LogP contribution is -2.53. The fourth-order valence-corrected chi connectivity index (χ4v) is 4.09. The third-order valence-corrected chi connectivity index (χ3v) is 5.85. The van der Waals surface area contributed by atoms with Gasteiger partial charge in [-0.15, -0.1) is 0 Å². The molecule has 1 atom stereocenters. The van der Waals surface area contributed by atoms with Gasteiger partial charge < -0.3 is 24.3 Å². The maximum Gasteiger partial charge on any atom is 0.194 e. The lowest BCUT2D eigenvalue weighted by Gasteiger charge is -2.38. The summed E-state index contributed by atoms with van der Waals surface area (Å²) in [6.07, 6.45) is 3.67. The minimum Gasteiger partial charge on any atom is -0.469 e. The Morgan fingerprint density at radius 3 is 2.72 bits per heavy atom. The van der Waals surface area contributed by atoms with Crippen LogP contribution in [0.4, 0.5) is 5.69 Å². The van der Waals surface area contributed by atoms with Crippen molar-refractivity contribution in [1.82, 2.24) is 10.2 Å². The summed E-state index contributed by atoms with van der Waals surface area (Å²) in [5.41, 5.74) is 1.11. The molecule has 156 valence electrons. The molecule has 1 aromatic carbocycles. The number of para-hydroxylation sites is 1. The van der Waals surface area contributed by atoms with Crippen molar-refractivity contribution in [2.24, 2.45) is 10.9 Å². The standard InChI is InChI=1S/C22H29ClN4O2/c23-20-5-1-2-6-21(20)26-10-12-27(13-11-26)22(25-16-18-8-15-28-17-18)24-9-7-19-4-3-14-29-19/h1-6,14,18H,7-13,15-17H2,(H,24,25). The second-order valence-corrected chi connectivity index (χ2v) is 7.98. The van der Waals surface area contributed by atoms with Crippen molar-refractivity contribution in [1.29, 1.82) is 0 Å². The third kappa shape index (κ3) is 5.46. The zero-order valence-electron chi connectivity index (χ0n) is 16.7. The zero-order valence-corrected chi connectivity index (χ0v) is 17.5. The summed E-state index contributed by atoms with van der Waals surface area (Å²) < 4.78 is 11.0. The molecule has 4 rings (SSSR count). The van der Waals surface area contributed by atoms with Crippen LogP contribution in [0.1, 0.15) is 12.2 Å². The molecule has 0 bridgehead atoms. The van der Waals surface area contributed by atoms with Crippen LogP contribution in [0, 0.1) is 5.92 Å². The topological polar surface area (TPSA) is 53.2 Å². The predicted octanol–water partition coefficient (Wildman–Crippen LogP) is 3.28. The van der Waals surface area contributed by atoms with Crippen LogP contribution < -0.4 is 10.2 Å². The van der Waals surface area contributed by atoms with Crippen LogP contribution in [0.25, 0.3) is 0 Å². The SMILES string of the molecule is Clc1ccccc1N1CCN(C(=NCC2CCOC2)NCCc2ccco2)CC1. The lowest BCUT2D eigenvalue weighted by atomic mass is 10.1. The van der Waals surface area contributed by atoms with Crippen molar-refractivity contribution < 1.29 is 9.15 Å². The van der Waals surface area contributed by atoms with Gasteiger partial charge in [-0.1, -0.05) is 23.7 Å². The molecule has 0 spiro atoms. The highest BCUT2D eigenvalue weighted by Crippen LogP contribution is 2.26. The van der Waals surface area contributed by atoms with E-state index in [0.717, 1.165) is 87.8 Å². The Bertz CT molecular complexity index is 782. The fraction of sp³-hybridized carbons (Fsp3) is 0.500. The molecule has 2 aromatic rings. The summed E-state index contributed by atoms with van der Waals surface area (Å²) in [6.45, 7) is 6.98. The van der Waals surface area contributed by atoms with E-state index in [0.29, 0.717) is 5.92 Å². The summed E-state index contributed by atoms with van der Waals surface area (Å²) in [4.78, 5) is 9.64. The van der Waals surface area contributed by atoms with E-state index in [-0.39, 0.29) is 0 Å². The van der Waals surface area contributed by atoms with Crippen LogP contribution in [-0.4, -0.2) is 63.3 Å². The van der Waals surface area contributed by atoms with Gasteiger partial charge in [-0.05, 0) is 30.7 Å². The molecule has 29 heavy (non-hydrogen) atoms. The van der Waals surface area contributed by atoms with Crippen LogP contribution >= 0.6 is 11.6 Å². The highest BCUT2D eigenvalue weighted by molar-refractivity contribution is 6.33. The second-order valence-electron chi connectivity index (χ2n) is 7.58. The van der Waals surface area contributed by atoms with Crippen LogP contribution in [0.15, 0.2) is 52.1 Å². The summed E-state index contributed by atoms with van der Waals surface area (Å²) in [6, 6.07) is 12.0. The molecule has 1 aromatic heterocycles. The van der Waals surface area contributed by atoms with Crippen LogP contribution in [0.5, 0.6) is 0 Å². The Balaban J connectivity index is 1.36. The van der Waals surface area contributed by atoms with Gasteiger partial charge >= 0.3 is 0 Å².